The molecule has 1 atom stereocenters. The number of halogens is 1. The van der Waals surface area contributed by atoms with Crippen molar-refractivity contribution in [3.63, 3.8) is 0 Å². The summed E-state index contributed by atoms with van der Waals surface area (Å²) >= 11 is 5.91. The molecule has 1 aliphatic carbocycles. The van der Waals surface area contributed by atoms with Crippen LogP contribution in [0.2, 0.25) is 5.15 Å². The number of aryl methyl sites for hydroxylation is 2. The predicted molar refractivity (Wildman–Crippen MR) is 84.7 cm³/mol. The SMILES string of the molecule is Cc1cc(NC(=O)C2CCCc3ccccc32)cnc1Cl. The number of hydrogen-bond donors (Lipinski definition) is 1. The van der Waals surface area contributed by atoms with Crippen LogP contribution in [-0.4, -0.2) is 10.9 Å². The number of rotatable bonds is 2. The quantitative estimate of drug-likeness (QED) is 0.848. The van der Waals surface area contributed by atoms with Gasteiger partial charge in [0.15, 0.2) is 0 Å². The molecular weight excluding hydrogens is 284 g/mol. The Morgan fingerprint density at radius 3 is 3.00 bits per heavy atom. The first-order valence-corrected chi connectivity index (χ1v) is 7.54. The van der Waals surface area contributed by atoms with Crippen LogP contribution < -0.4 is 5.32 Å². The summed E-state index contributed by atoms with van der Waals surface area (Å²) in [5.41, 5.74) is 4.00. The lowest BCUT2D eigenvalue weighted by Gasteiger charge is -2.24. The summed E-state index contributed by atoms with van der Waals surface area (Å²) in [7, 11) is 0. The molecule has 1 aromatic heterocycles. The Morgan fingerprint density at radius 1 is 1.38 bits per heavy atom. The van der Waals surface area contributed by atoms with Crippen molar-refractivity contribution in [1.82, 2.24) is 4.98 Å². The highest BCUT2D eigenvalue weighted by molar-refractivity contribution is 6.30. The van der Waals surface area contributed by atoms with E-state index < -0.39 is 0 Å². The molecule has 2 aromatic rings. The Hall–Kier alpha value is -1.87. The van der Waals surface area contributed by atoms with Gasteiger partial charge in [-0.25, -0.2) is 4.98 Å². The highest BCUT2D eigenvalue weighted by Crippen LogP contribution is 2.32. The van der Waals surface area contributed by atoms with Gasteiger partial charge in [0.2, 0.25) is 5.91 Å². The van der Waals surface area contributed by atoms with Gasteiger partial charge >= 0.3 is 0 Å². The average molecular weight is 301 g/mol. The lowest BCUT2D eigenvalue weighted by atomic mass is 9.82. The normalized spacial score (nSPS) is 17.1. The first-order valence-electron chi connectivity index (χ1n) is 7.16. The van der Waals surface area contributed by atoms with Crippen LogP contribution in [0.15, 0.2) is 36.5 Å². The lowest BCUT2D eigenvalue weighted by Crippen LogP contribution is -2.24. The van der Waals surface area contributed by atoms with Gasteiger partial charge in [0.25, 0.3) is 0 Å². The Balaban J connectivity index is 1.81. The second-order valence-electron chi connectivity index (χ2n) is 5.46. The van der Waals surface area contributed by atoms with Crippen molar-refractivity contribution < 1.29 is 4.79 Å². The number of nitrogens with zero attached hydrogens (tertiary/aromatic N) is 1. The highest BCUT2D eigenvalue weighted by Gasteiger charge is 2.26. The molecule has 21 heavy (non-hydrogen) atoms. The van der Waals surface area contributed by atoms with Gasteiger partial charge in [-0.05, 0) is 48.9 Å². The van der Waals surface area contributed by atoms with Crippen molar-refractivity contribution in [2.75, 3.05) is 5.32 Å². The zero-order valence-corrected chi connectivity index (χ0v) is 12.7. The lowest BCUT2D eigenvalue weighted by molar-refractivity contribution is -0.117. The van der Waals surface area contributed by atoms with Gasteiger partial charge in [-0.1, -0.05) is 35.9 Å². The summed E-state index contributed by atoms with van der Waals surface area (Å²) < 4.78 is 0. The van der Waals surface area contributed by atoms with E-state index >= 15 is 0 Å². The van der Waals surface area contributed by atoms with Crippen molar-refractivity contribution in [3.8, 4) is 0 Å². The smallest absolute Gasteiger partial charge is 0.231 e. The van der Waals surface area contributed by atoms with Gasteiger partial charge in [-0.3, -0.25) is 4.79 Å². The van der Waals surface area contributed by atoms with Crippen LogP contribution in [-0.2, 0) is 11.2 Å². The van der Waals surface area contributed by atoms with Crippen molar-refractivity contribution in [2.24, 2.45) is 0 Å². The third kappa shape index (κ3) is 2.93. The van der Waals surface area contributed by atoms with E-state index in [4.69, 9.17) is 11.6 Å². The molecule has 0 saturated carbocycles. The highest BCUT2D eigenvalue weighted by atomic mass is 35.5. The molecule has 3 nitrogen and oxygen atoms in total. The fraction of sp³-hybridized carbons (Fsp3) is 0.294. The minimum atomic E-state index is -0.0778. The van der Waals surface area contributed by atoms with E-state index in [1.54, 1.807) is 6.20 Å². The third-order valence-electron chi connectivity index (χ3n) is 3.97. The fourth-order valence-corrected chi connectivity index (χ4v) is 2.99. The molecule has 0 bridgehead atoms. The van der Waals surface area contributed by atoms with Crippen molar-refractivity contribution in [1.29, 1.82) is 0 Å². The molecule has 0 aliphatic heterocycles. The Kier molecular flexibility index (Phi) is 3.93. The van der Waals surface area contributed by atoms with Crippen molar-refractivity contribution in [2.45, 2.75) is 32.1 Å². The molecule has 1 amide bonds. The van der Waals surface area contributed by atoms with Gasteiger partial charge in [0.05, 0.1) is 17.8 Å². The fourth-order valence-electron chi connectivity index (χ4n) is 2.88. The monoisotopic (exact) mass is 300 g/mol. The Bertz CT molecular complexity index is 684. The molecule has 0 radical (unpaired) electrons. The molecule has 4 heteroatoms. The number of benzene rings is 1. The summed E-state index contributed by atoms with van der Waals surface area (Å²) in [6.07, 6.45) is 4.60. The van der Waals surface area contributed by atoms with Gasteiger partial charge < -0.3 is 5.32 Å². The molecule has 1 heterocycles. The minimum absolute atomic E-state index is 0.0330. The molecule has 0 saturated heterocycles. The number of pyridine rings is 1. The number of anilines is 1. The first-order chi connectivity index (χ1) is 10.1. The number of nitrogens with one attached hydrogen (secondary N) is 1. The number of hydrogen-bond acceptors (Lipinski definition) is 2. The minimum Gasteiger partial charge on any atom is -0.324 e. The number of fused-ring (bicyclic) bond motifs is 1. The molecule has 108 valence electrons. The van der Waals surface area contributed by atoms with E-state index in [0.717, 1.165) is 30.4 Å². The Morgan fingerprint density at radius 2 is 2.19 bits per heavy atom. The largest absolute Gasteiger partial charge is 0.324 e. The number of amides is 1. The van der Waals surface area contributed by atoms with E-state index in [1.807, 2.05) is 25.1 Å². The van der Waals surface area contributed by atoms with Crippen LogP contribution in [0.3, 0.4) is 0 Å². The molecule has 0 spiro atoms. The second kappa shape index (κ2) is 5.86. The summed E-state index contributed by atoms with van der Waals surface area (Å²) in [6.45, 7) is 1.88. The molecule has 1 unspecified atom stereocenters. The van der Waals surface area contributed by atoms with Gasteiger partial charge in [0.1, 0.15) is 5.15 Å². The zero-order chi connectivity index (χ0) is 14.8. The predicted octanol–water partition coefficient (Wildman–Crippen LogP) is 4.10. The molecule has 1 N–H and O–H groups in total. The maximum Gasteiger partial charge on any atom is 0.231 e. The number of carbonyl (C=O) groups excluding carboxylic acids is 1. The van der Waals surface area contributed by atoms with Crippen molar-refractivity contribution in [3.05, 3.63) is 58.4 Å². The average Bonchev–Trinajstić information content (AvgIpc) is 2.50. The third-order valence-corrected chi connectivity index (χ3v) is 4.36. The molecule has 0 fully saturated rings. The maximum absolute atomic E-state index is 12.6. The van der Waals surface area contributed by atoms with Crippen LogP contribution in [0.4, 0.5) is 5.69 Å². The standard InChI is InChI=1S/C17H17ClN2O/c1-11-9-13(10-19-16(11)18)20-17(21)15-8-4-6-12-5-2-3-7-14(12)15/h2-3,5,7,9-10,15H,4,6,8H2,1H3,(H,20,21). The van der Waals surface area contributed by atoms with Crippen molar-refractivity contribution >= 4 is 23.2 Å². The number of aromatic nitrogens is 1. The van der Waals surface area contributed by atoms with Gasteiger partial charge in [-0.2, -0.15) is 0 Å². The number of carbonyl (C=O) groups is 1. The van der Waals surface area contributed by atoms with E-state index in [2.05, 4.69) is 22.4 Å². The van der Waals surface area contributed by atoms with E-state index in [9.17, 15) is 4.79 Å². The van der Waals surface area contributed by atoms with E-state index in [0.29, 0.717) is 10.8 Å². The van der Waals surface area contributed by atoms with Gasteiger partial charge in [0, 0.05) is 0 Å². The van der Waals surface area contributed by atoms with Crippen LogP contribution in [0.5, 0.6) is 0 Å². The molecular formula is C17H17ClN2O. The second-order valence-corrected chi connectivity index (χ2v) is 5.82. The summed E-state index contributed by atoms with van der Waals surface area (Å²) in [5.74, 6) is -0.0448. The zero-order valence-electron chi connectivity index (χ0n) is 11.9. The van der Waals surface area contributed by atoms with Crippen LogP contribution in [0.1, 0.15) is 35.4 Å². The summed E-state index contributed by atoms with van der Waals surface area (Å²) in [4.78, 5) is 16.6. The van der Waals surface area contributed by atoms with E-state index in [-0.39, 0.29) is 11.8 Å². The van der Waals surface area contributed by atoms with Gasteiger partial charge in [-0.15, -0.1) is 0 Å². The van der Waals surface area contributed by atoms with E-state index in [1.165, 1.54) is 5.56 Å². The van der Waals surface area contributed by atoms with Crippen LogP contribution >= 0.6 is 11.6 Å². The summed E-state index contributed by atoms with van der Waals surface area (Å²) in [6, 6.07) is 10.1. The topological polar surface area (TPSA) is 42.0 Å². The first kappa shape index (κ1) is 14.1. The van der Waals surface area contributed by atoms with Crippen LogP contribution in [0.25, 0.3) is 0 Å². The molecule has 3 rings (SSSR count). The maximum atomic E-state index is 12.6. The summed E-state index contributed by atoms with van der Waals surface area (Å²) in [5, 5.41) is 3.43. The Labute approximate surface area is 129 Å². The molecule has 1 aromatic carbocycles. The molecule has 1 aliphatic rings. The van der Waals surface area contributed by atoms with Crippen LogP contribution in [0, 0.1) is 6.92 Å².